The molecule has 4 nitrogen and oxygen atoms in total. The van der Waals surface area contributed by atoms with E-state index < -0.39 is 24.4 Å². The highest BCUT2D eigenvalue weighted by molar-refractivity contribution is 5.89. The van der Waals surface area contributed by atoms with Gasteiger partial charge in [-0.1, -0.05) is 24.3 Å². The van der Waals surface area contributed by atoms with Gasteiger partial charge in [-0.05, 0) is 31.2 Å². The van der Waals surface area contributed by atoms with Gasteiger partial charge in [0.2, 0.25) is 0 Å². The van der Waals surface area contributed by atoms with Gasteiger partial charge in [-0.15, -0.1) is 0 Å². The Morgan fingerprint density at radius 1 is 1.12 bits per heavy atom. The average molecular weight is 334 g/mol. The second-order valence-corrected chi connectivity index (χ2v) is 5.13. The lowest BCUT2D eigenvalue weighted by Gasteiger charge is -2.15. The molecule has 0 bridgehead atoms. The van der Waals surface area contributed by atoms with Crippen LogP contribution in [0.15, 0.2) is 48.5 Å². The van der Waals surface area contributed by atoms with Crippen molar-refractivity contribution in [2.24, 2.45) is 0 Å². The smallest absolute Gasteiger partial charge is 0.341 e. The molecule has 3 rings (SSSR count). The number of imidazole rings is 1. The van der Waals surface area contributed by atoms with Crippen molar-refractivity contribution < 1.29 is 22.7 Å². The minimum atomic E-state index is -2.85. The third-order valence-corrected chi connectivity index (χ3v) is 3.56. The van der Waals surface area contributed by atoms with Gasteiger partial charge in [0.25, 0.3) is 0 Å². The topological polar surface area (TPSA) is 44.1 Å². The molecule has 0 saturated heterocycles. The Kier molecular flexibility index (Phi) is 4.24. The Morgan fingerprint density at radius 3 is 2.50 bits per heavy atom. The van der Waals surface area contributed by atoms with Crippen LogP contribution in [0, 0.1) is 5.82 Å². The van der Waals surface area contributed by atoms with Crippen LogP contribution in [0.5, 0.6) is 0 Å². The first-order valence-electron chi connectivity index (χ1n) is 7.19. The number of carbonyl (C=O) groups is 1. The molecule has 2 aromatic carbocycles. The lowest BCUT2D eigenvalue weighted by molar-refractivity contribution is 0.0229. The molecule has 0 amide bonds. The summed E-state index contributed by atoms with van der Waals surface area (Å²) in [4.78, 5) is 16.2. The number of fused-ring (bicyclic) bond motifs is 1. The van der Waals surface area contributed by atoms with Crippen LogP contribution in [0.1, 0.15) is 35.8 Å². The highest BCUT2D eigenvalue weighted by Crippen LogP contribution is 2.28. The van der Waals surface area contributed by atoms with Gasteiger partial charge in [0.1, 0.15) is 5.82 Å². The SMILES string of the molecule is C[C@@H](OC(=O)c1ccccc1F)c1nc2ccccc2n1C(F)F. The van der Waals surface area contributed by atoms with Crippen molar-refractivity contribution >= 4 is 17.0 Å². The van der Waals surface area contributed by atoms with E-state index in [1.54, 1.807) is 18.2 Å². The normalized spacial score (nSPS) is 12.5. The van der Waals surface area contributed by atoms with Gasteiger partial charge in [-0.2, -0.15) is 8.78 Å². The van der Waals surface area contributed by atoms with Crippen molar-refractivity contribution in [3.05, 3.63) is 65.7 Å². The predicted molar refractivity (Wildman–Crippen MR) is 81.2 cm³/mol. The maximum absolute atomic E-state index is 13.6. The summed E-state index contributed by atoms with van der Waals surface area (Å²) in [6, 6.07) is 11.7. The minimum absolute atomic E-state index is 0.101. The second kappa shape index (κ2) is 6.35. The molecule has 0 saturated carbocycles. The van der Waals surface area contributed by atoms with Crippen molar-refractivity contribution in [1.82, 2.24) is 9.55 Å². The van der Waals surface area contributed by atoms with Gasteiger partial charge in [0.15, 0.2) is 11.9 Å². The summed E-state index contributed by atoms with van der Waals surface area (Å²) < 4.78 is 46.3. The number of hydrogen-bond acceptors (Lipinski definition) is 3. The molecule has 7 heteroatoms. The van der Waals surface area contributed by atoms with Crippen molar-refractivity contribution in [3.8, 4) is 0 Å². The van der Waals surface area contributed by atoms with Crippen molar-refractivity contribution in [3.63, 3.8) is 0 Å². The predicted octanol–water partition coefficient (Wildman–Crippen LogP) is 4.49. The Labute approximate surface area is 135 Å². The summed E-state index contributed by atoms with van der Waals surface area (Å²) in [6.45, 7) is -1.43. The number of halogens is 3. The molecule has 0 radical (unpaired) electrons. The number of benzene rings is 2. The van der Waals surface area contributed by atoms with Crippen LogP contribution in [-0.4, -0.2) is 15.5 Å². The van der Waals surface area contributed by atoms with E-state index in [4.69, 9.17) is 4.74 Å². The lowest BCUT2D eigenvalue weighted by atomic mass is 10.2. The molecule has 1 heterocycles. The van der Waals surface area contributed by atoms with Crippen LogP contribution in [0.2, 0.25) is 0 Å². The number of carbonyl (C=O) groups excluding carboxylic acids is 1. The van der Waals surface area contributed by atoms with E-state index in [9.17, 15) is 18.0 Å². The highest BCUT2D eigenvalue weighted by atomic mass is 19.3. The number of aromatic nitrogens is 2. The summed E-state index contributed by atoms with van der Waals surface area (Å²) in [6.07, 6.45) is -1.07. The van der Waals surface area contributed by atoms with Crippen molar-refractivity contribution in [1.29, 1.82) is 0 Å². The number of ether oxygens (including phenoxy) is 1. The largest absolute Gasteiger partial charge is 0.451 e. The number of esters is 1. The first kappa shape index (κ1) is 16.0. The monoisotopic (exact) mass is 334 g/mol. The highest BCUT2D eigenvalue weighted by Gasteiger charge is 2.25. The molecule has 1 atom stereocenters. The summed E-state index contributed by atoms with van der Waals surface area (Å²) >= 11 is 0. The summed E-state index contributed by atoms with van der Waals surface area (Å²) in [5.74, 6) is -1.78. The number of rotatable bonds is 4. The van der Waals surface area contributed by atoms with E-state index >= 15 is 0 Å². The van der Waals surface area contributed by atoms with Crippen molar-refractivity contribution in [2.45, 2.75) is 19.6 Å². The fourth-order valence-electron chi connectivity index (χ4n) is 2.46. The zero-order valence-corrected chi connectivity index (χ0v) is 12.6. The minimum Gasteiger partial charge on any atom is -0.451 e. The average Bonchev–Trinajstić information content (AvgIpc) is 2.95. The van der Waals surface area contributed by atoms with Gasteiger partial charge < -0.3 is 4.74 Å². The van der Waals surface area contributed by atoms with Gasteiger partial charge in [0, 0.05) is 0 Å². The quantitative estimate of drug-likeness (QED) is 0.660. The molecular formula is C17H13F3N2O2. The van der Waals surface area contributed by atoms with Crippen LogP contribution < -0.4 is 0 Å². The Morgan fingerprint density at radius 2 is 1.79 bits per heavy atom. The molecule has 0 unspecified atom stereocenters. The maximum atomic E-state index is 13.6. The van der Waals surface area contributed by atoms with Crippen molar-refractivity contribution in [2.75, 3.05) is 0 Å². The molecule has 0 spiro atoms. The third kappa shape index (κ3) is 2.84. The molecule has 1 aromatic heterocycles. The standard InChI is InChI=1S/C17H13F3N2O2/c1-10(24-16(23)11-6-2-3-7-12(11)18)15-21-13-8-4-5-9-14(13)22(15)17(19)20/h2-10,17H,1H3/t10-/m1/s1. The van der Waals surface area contributed by atoms with Gasteiger partial charge in [-0.25, -0.2) is 14.2 Å². The van der Waals surface area contributed by atoms with E-state index in [1.165, 1.54) is 31.2 Å². The Bertz CT molecular complexity index is 892. The zero-order valence-electron chi connectivity index (χ0n) is 12.6. The van der Waals surface area contributed by atoms with E-state index in [1.807, 2.05) is 0 Å². The third-order valence-electron chi connectivity index (χ3n) is 3.56. The molecule has 0 aliphatic carbocycles. The Balaban J connectivity index is 1.94. The van der Waals surface area contributed by atoms with Gasteiger partial charge >= 0.3 is 12.5 Å². The molecule has 0 fully saturated rings. The fraction of sp³-hybridized carbons (Fsp3) is 0.176. The second-order valence-electron chi connectivity index (χ2n) is 5.13. The van der Waals surface area contributed by atoms with Crippen LogP contribution in [0.4, 0.5) is 13.2 Å². The molecule has 0 N–H and O–H groups in total. The molecule has 3 aromatic rings. The van der Waals surface area contributed by atoms with Gasteiger partial charge in [0.05, 0.1) is 16.6 Å². The van der Waals surface area contributed by atoms with E-state index in [0.717, 1.165) is 6.07 Å². The molecular weight excluding hydrogens is 321 g/mol. The van der Waals surface area contributed by atoms with E-state index in [0.29, 0.717) is 10.1 Å². The van der Waals surface area contributed by atoms with Crippen LogP contribution in [0.25, 0.3) is 11.0 Å². The van der Waals surface area contributed by atoms with Gasteiger partial charge in [-0.3, -0.25) is 4.57 Å². The fourth-order valence-corrected chi connectivity index (χ4v) is 2.46. The van der Waals surface area contributed by atoms with Crippen LogP contribution in [-0.2, 0) is 4.74 Å². The Hall–Kier alpha value is -2.83. The first-order chi connectivity index (χ1) is 11.5. The molecule has 0 aliphatic rings. The van der Waals surface area contributed by atoms with Crippen LogP contribution in [0.3, 0.4) is 0 Å². The number of alkyl halides is 2. The lowest BCUT2D eigenvalue weighted by Crippen LogP contribution is -2.15. The van der Waals surface area contributed by atoms with Crippen LogP contribution >= 0.6 is 0 Å². The van der Waals surface area contributed by atoms with E-state index in [-0.39, 0.29) is 16.9 Å². The van der Waals surface area contributed by atoms with E-state index in [2.05, 4.69) is 4.98 Å². The zero-order chi connectivity index (χ0) is 17.3. The molecule has 124 valence electrons. The summed E-state index contributed by atoms with van der Waals surface area (Å²) in [5, 5.41) is 0. The maximum Gasteiger partial charge on any atom is 0.341 e. The molecule has 0 aliphatic heterocycles. The summed E-state index contributed by atoms with van der Waals surface area (Å²) in [7, 11) is 0. The first-order valence-corrected chi connectivity index (χ1v) is 7.19. The summed E-state index contributed by atoms with van der Waals surface area (Å²) in [5.41, 5.74) is 0.335. The molecule has 24 heavy (non-hydrogen) atoms. The number of nitrogens with zero attached hydrogens (tertiary/aromatic N) is 2. The number of para-hydroxylation sites is 2. The number of hydrogen-bond donors (Lipinski definition) is 0.